The quantitative estimate of drug-likeness (QED) is 0.672. The van der Waals surface area contributed by atoms with Crippen molar-refractivity contribution < 1.29 is 9.90 Å². The topological polar surface area (TPSA) is 102 Å². The van der Waals surface area contributed by atoms with Crippen LogP contribution in [0.5, 0.6) is 5.88 Å². The lowest BCUT2D eigenvalue weighted by molar-refractivity contribution is 0.0947. The number of rotatable bonds is 5. The van der Waals surface area contributed by atoms with Gasteiger partial charge in [0.05, 0.1) is 6.33 Å². The minimum absolute atomic E-state index is 0.327. The summed E-state index contributed by atoms with van der Waals surface area (Å²) in [6.45, 7) is 2.82. The third-order valence-electron chi connectivity index (χ3n) is 3.39. The number of thiazole rings is 1. The highest BCUT2D eigenvalue weighted by molar-refractivity contribution is 7.15. The van der Waals surface area contributed by atoms with Crippen molar-refractivity contribution in [3.05, 3.63) is 45.7 Å². The van der Waals surface area contributed by atoms with Gasteiger partial charge in [0.25, 0.3) is 11.5 Å². The smallest absolute Gasteiger partial charge is 0.275 e. The van der Waals surface area contributed by atoms with Gasteiger partial charge in [-0.2, -0.15) is 4.98 Å². The molecule has 0 bridgehead atoms. The Kier molecular flexibility index (Phi) is 4.11. The molecule has 0 atom stereocenters. The van der Waals surface area contributed by atoms with E-state index >= 15 is 0 Å². The number of carbonyl (C=O) groups excluding carboxylic acids is 1. The lowest BCUT2D eigenvalue weighted by Gasteiger charge is -2.07. The van der Waals surface area contributed by atoms with Crippen LogP contribution in [0, 0.1) is 6.92 Å². The van der Waals surface area contributed by atoms with Crippen molar-refractivity contribution in [2.45, 2.75) is 19.9 Å². The summed E-state index contributed by atoms with van der Waals surface area (Å²) < 4.78 is 3.21. The van der Waals surface area contributed by atoms with Crippen LogP contribution in [-0.4, -0.2) is 36.5 Å². The zero-order chi connectivity index (χ0) is 16.4. The molecular weight excluding hydrogens is 318 g/mol. The number of hydrogen-bond acceptors (Lipinski definition) is 6. The monoisotopic (exact) mass is 333 g/mol. The van der Waals surface area contributed by atoms with E-state index in [1.165, 1.54) is 15.7 Å². The van der Waals surface area contributed by atoms with E-state index in [1.807, 2.05) is 10.8 Å². The first kappa shape index (κ1) is 15.2. The summed E-state index contributed by atoms with van der Waals surface area (Å²) in [7, 11) is 0. The number of carbonyl (C=O) groups is 1. The van der Waals surface area contributed by atoms with Gasteiger partial charge in [-0.15, -0.1) is 11.3 Å². The summed E-state index contributed by atoms with van der Waals surface area (Å²) >= 11 is 1.23. The molecule has 3 aromatic heterocycles. The lowest BCUT2D eigenvalue weighted by atomic mass is 10.3. The molecule has 3 rings (SSSR count). The summed E-state index contributed by atoms with van der Waals surface area (Å²) in [6, 6.07) is 0. The van der Waals surface area contributed by atoms with E-state index in [0.717, 1.165) is 0 Å². The molecule has 2 N–H and O–H groups in total. The van der Waals surface area contributed by atoms with Crippen molar-refractivity contribution in [2.75, 3.05) is 6.54 Å². The fourth-order valence-electron chi connectivity index (χ4n) is 2.24. The van der Waals surface area contributed by atoms with Gasteiger partial charge in [0.1, 0.15) is 0 Å². The second kappa shape index (κ2) is 6.21. The Morgan fingerprint density at radius 2 is 2.30 bits per heavy atom. The predicted molar refractivity (Wildman–Crippen MR) is 84.9 cm³/mol. The van der Waals surface area contributed by atoms with Crippen LogP contribution in [-0.2, 0) is 6.54 Å². The molecule has 0 aliphatic rings. The van der Waals surface area contributed by atoms with Gasteiger partial charge < -0.3 is 15.0 Å². The summed E-state index contributed by atoms with van der Waals surface area (Å²) in [5.41, 5.74) is -0.207. The van der Waals surface area contributed by atoms with E-state index in [-0.39, 0.29) is 5.56 Å². The highest BCUT2D eigenvalue weighted by Gasteiger charge is 2.20. The number of fused-ring (bicyclic) bond motifs is 1. The number of aromatic hydroxyl groups is 1. The van der Waals surface area contributed by atoms with Crippen LogP contribution < -0.4 is 10.9 Å². The van der Waals surface area contributed by atoms with Crippen molar-refractivity contribution in [3.63, 3.8) is 0 Å². The van der Waals surface area contributed by atoms with E-state index in [0.29, 0.717) is 30.2 Å². The molecule has 120 valence electrons. The zero-order valence-corrected chi connectivity index (χ0v) is 13.2. The second-order valence-corrected chi connectivity index (χ2v) is 5.86. The Balaban J connectivity index is 1.73. The summed E-state index contributed by atoms with van der Waals surface area (Å²) in [5, 5.41) is 14.3. The molecule has 0 radical (unpaired) electrons. The Labute approximate surface area is 135 Å². The van der Waals surface area contributed by atoms with Crippen molar-refractivity contribution >= 4 is 22.2 Å². The molecule has 0 saturated heterocycles. The Hall–Kier alpha value is -2.68. The molecule has 8 nitrogen and oxygen atoms in total. The van der Waals surface area contributed by atoms with Crippen molar-refractivity contribution in [3.8, 4) is 5.88 Å². The molecular formula is C14H15N5O3S. The van der Waals surface area contributed by atoms with Crippen molar-refractivity contribution in [1.82, 2.24) is 24.3 Å². The third kappa shape index (κ3) is 2.95. The minimum Gasteiger partial charge on any atom is -0.492 e. The van der Waals surface area contributed by atoms with Crippen LogP contribution in [0.1, 0.15) is 22.5 Å². The average molecular weight is 333 g/mol. The third-order valence-corrected chi connectivity index (χ3v) is 4.33. The molecule has 3 heterocycles. The Bertz CT molecular complexity index is 897. The molecule has 0 spiro atoms. The molecule has 0 unspecified atom stereocenters. The highest BCUT2D eigenvalue weighted by atomic mass is 32.1. The van der Waals surface area contributed by atoms with E-state index in [4.69, 9.17) is 0 Å². The SMILES string of the molecule is Cc1csc2nc(O)c(C(=O)NCCCn3ccnc3)c(=O)n12. The van der Waals surface area contributed by atoms with Crippen LogP contribution in [0.2, 0.25) is 0 Å². The highest BCUT2D eigenvalue weighted by Crippen LogP contribution is 2.17. The maximum absolute atomic E-state index is 12.4. The minimum atomic E-state index is -0.620. The Morgan fingerprint density at radius 1 is 1.48 bits per heavy atom. The standard InChI is InChI=1S/C14H15N5O3S/c1-9-7-23-14-17-12(21)10(13(22)19(9)14)11(20)16-3-2-5-18-6-4-15-8-18/h4,6-8,21H,2-3,5H2,1H3,(H,16,20). The molecule has 23 heavy (non-hydrogen) atoms. The molecule has 0 aliphatic heterocycles. The zero-order valence-electron chi connectivity index (χ0n) is 12.4. The molecule has 1 amide bonds. The number of imidazole rings is 1. The van der Waals surface area contributed by atoms with Gasteiger partial charge >= 0.3 is 0 Å². The number of amides is 1. The number of aryl methyl sites for hydroxylation is 2. The number of nitrogens with zero attached hydrogens (tertiary/aromatic N) is 4. The van der Waals surface area contributed by atoms with E-state index in [2.05, 4.69) is 15.3 Å². The van der Waals surface area contributed by atoms with Crippen LogP contribution in [0.15, 0.2) is 28.9 Å². The number of nitrogens with one attached hydrogen (secondary N) is 1. The predicted octanol–water partition coefficient (Wildman–Crippen LogP) is 0.787. The van der Waals surface area contributed by atoms with Crippen LogP contribution in [0.4, 0.5) is 0 Å². The fourth-order valence-corrected chi connectivity index (χ4v) is 3.09. The molecule has 3 aromatic rings. The molecule has 0 fully saturated rings. The summed E-state index contributed by atoms with van der Waals surface area (Å²) in [4.78, 5) is 32.8. The molecule has 0 aromatic carbocycles. The van der Waals surface area contributed by atoms with Crippen LogP contribution >= 0.6 is 11.3 Å². The maximum atomic E-state index is 12.4. The van der Waals surface area contributed by atoms with Gasteiger partial charge in [0.15, 0.2) is 10.5 Å². The van der Waals surface area contributed by atoms with Gasteiger partial charge in [-0.25, -0.2) is 4.98 Å². The normalized spacial score (nSPS) is 11.0. The second-order valence-electron chi connectivity index (χ2n) is 5.02. The first-order chi connectivity index (χ1) is 11.1. The van der Waals surface area contributed by atoms with Gasteiger partial charge in [-0.1, -0.05) is 0 Å². The van der Waals surface area contributed by atoms with Crippen molar-refractivity contribution in [1.29, 1.82) is 0 Å². The maximum Gasteiger partial charge on any atom is 0.275 e. The fraction of sp³-hybridized carbons (Fsp3) is 0.286. The molecule has 0 aliphatic carbocycles. The first-order valence-corrected chi connectivity index (χ1v) is 7.89. The van der Waals surface area contributed by atoms with E-state index < -0.39 is 17.3 Å². The summed E-state index contributed by atoms with van der Waals surface area (Å²) in [5.74, 6) is -1.16. The van der Waals surface area contributed by atoms with Crippen LogP contribution in [0.25, 0.3) is 4.96 Å². The van der Waals surface area contributed by atoms with E-state index in [9.17, 15) is 14.7 Å². The number of hydrogen-bond donors (Lipinski definition) is 2. The number of aromatic nitrogens is 4. The van der Waals surface area contributed by atoms with Gasteiger partial charge in [0.2, 0.25) is 5.88 Å². The lowest BCUT2D eigenvalue weighted by Crippen LogP contribution is -2.32. The largest absolute Gasteiger partial charge is 0.492 e. The molecule has 9 heteroatoms. The summed E-state index contributed by atoms with van der Waals surface area (Å²) in [6.07, 6.45) is 5.88. The average Bonchev–Trinajstić information content (AvgIpc) is 3.14. The first-order valence-electron chi connectivity index (χ1n) is 7.01. The van der Waals surface area contributed by atoms with Gasteiger partial charge in [-0.05, 0) is 13.3 Å². The van der Waals surface area contributed by atoms with Crippen molar-refractivity contribution in [2.24, 2.45) is 0 Å². The van der Waals surface area contributed by atoms with Crippen LogP contribution in [0.3, 0.4) is 0 Å². The van der Waals surface area contributed by atoms with Gasteiger partial charge in [0, 0.05) is 36.6 Å². The Morgan fingerprint density at radius 3 is 3.04 bits per heavy atom. The molecule has 0 saturated carbocycles. The van der Waals surface area contributed by atoms with Gasteiger partial charge in [-0.3, -0.25) is 14.0 Å². The van der Waals surface area contributed by atoms with E-state index in [1.54, 1.807) is 24.8 Å².